The molecule has 4 heteroatoms. The van der Waals surface area contributed by atoms with Crippen molar-refractivity contribution in [3.8, 4) is 11.4 Å². The van der Waals surface area contributed by atoms with Gasteiger partial charge in [-0.15, -0.1) is 0 Å². The molecule has 2 aliphatic heterocycles. The van der Waals surface area contributed by atoms with Crippen LogP contribution in [0.1, 0.15) is 0 Å². The number of aromatic nitrogens is 3. The van der Waals surface area contributed by atoms with E-state index in [9.17, 15) is 0 Å². The highest BCUT2D eigenvalue weighted by atomic mass is 15.3. The van der Waals surface area contributed by atoms with Crippen LogP contribution in [-0.2, 0) is 0 Å². The van der Waals surface area contributed by atoms with Gasteiger partial charge in [0.15, 0.2) is 0 Å². The Morgan fingerprint density at radius 2 is 2.40 bits per heavy atom. The van der Waals surface area contributed by atoms with Gasteiger partial charge in [-0.2, -0.15) is 0 Å². The van der Waals surface area contributed by atoms with Gasteiger partial charge in [-0.25, -0.2) is 9.66 Å². The number of nitrogens with two attached hydrogens (primary N) is 1. The average molecular weight is 134 g/mol. The molecule has 0 unspecified atom stereocenters. The van der Waals surface area contributed by atoms with Gasteiger partial charge in [0.1, 0.15) is 12.0 Å². The van der Waals surface area contributed by atoms with Gasteiger partial charge in [0.2, 0.25) is 0 Å². The van der Waals surface area contributed by atoms with Crippen molar-refractivity contribution in [2.75, 3.05) is 5.84 Å². The van der Waals surface area contributed by atoms with Crippen LogP contribution in [0.3, 0.4) is 0 Å². The third kappa shape index (κ3) is 0.556. The molecule has 0 spiro atoms. The van der Waals surface area contributed by atoms with Crippen LogP contribution in [0.5, 0.6) is 0 Å². The number of nitrogen functional groups attached to an aromatic ring is 1. The fourth-order valence-corrected chi connectivity index (χ4v) is 0.895. The Morgan fingerprint density at radius 1 is 1.50 bits per heavy atom. The first-order chi connectivity index (χ1) is 4.88. The van der Waals surface area contributed by atoms with Crippen LogP contribution in [0.15, 0.2) is 24.8 Å². The summed E-state index contributed by atoms with van der Waals surface area (Å²) in [6.45, 7) is 0. The largest absolute Gasteiger partial charge is 0.338 e. The summed E-state index contributed by atoms with van der Waals surface area (Å²) < 4.78 is 1.45. The number of hydrogen-bond acceptors (Lipinski definition) is 3. The molecule has 0 aromatic carbocycles. The Labute approximate surface area is 57.6 Å². The minimum Gasteiger partial charge on any atom is -0.338 e. The molecule has 0 fully saturated rings. The highest BCUT2D eigenvalue weighted by Gasteiger charge is 2.03. The predicted octanol–water partition coefficient (Wildman–Crippen LogP) is 0.0967. The van der Waals surface area contributed by atoms with Crippen molar-refractivity contribution in [1.29, 1.82) is 0 Å². The van der Waals surface area contributed by atoms with Gasteiger partial charge in [-0.1, -0.05) is 0 Å². The van der Waals surface area contributed by atoms with Gasteiger partial charge >= 0.3 is 0 Å². The normalized spacial score (nSPS) is 10.4. The first kappa shape index (κ1) is 5.22. The number of fused-ring (bicyclic) bond motifs is 1. The zero-order valence-electron chi connectivity index (χ0n) is 5.23. The van der Waals surface area contributed by atoms with Crippen molar-refractivity contribution in [2.45, 2.75) is 0 Å². The minimum absolute atomic E-state index is 0.824. The third-order valence-corrected chi connectivity index (χ3v) is 1.37. The van der Waals surface area contributed by atoms with Gasteiger partial charge in [0.05, 0.1) is 11.9 Å². The molecule has 0 bridgehead atoms. The molecular formula is C6H6N4. The van der Waals surface area contributed by atoms with Crippen molar-refractivity contribution in [3.05, 3.63) is 24.8 Å². The Kier molecular flexibility index (Phi) is 0.887. The van der Waals surface area contributed by atoms with Crippen LogP contribution in [-0.4, -0.2) is 14.6 Å². The maximum atomic E-state index is 5.51. The molecule has 0 amide bonds. The monoisotopic (exact) mass is 134 g/mol. The third-order valence-electron chi connectivity index (χ3n) is 1.37. The summed E-state index contributed by atoms with van der Waals surface area (Å²) in [5, 5.41) is 0. The smallest absolute Gasteiger partial charge is 0.114 e. The predicted molar refractivity (Wildman–Crippen MR) is 36.8 cm³/mol. The lowest BCUT2D eigenvalue weighted by molar-refractivity contribution is 0.940. The standard InChI is InChI=1S/C6H6N4/c7-10-4-8-3-5-6(10)1-2-9-5/h1-4H,7H2. The summed E-state index contributed by atoms with van der Waals surface area (Å²) in [6, 6.07) is 1.84. The Morgan fingerprint density at radius 3 is 3.20 bits per heavy atom. The lowest BCUT2D eigenvalue weighted by Gasteiger charge is -2.01. The highest BCUT2D eigenvalue weighted by molar-refractivity contribution is 5.54. The van der Waals surface area contributed by atoms with E-state index in [0.717, 1.165) is 11.4 Å². The van der Waals surface area contributed by atoms with Crippen LogP contribution in [0, 0.1) is 0 Å². The molecule has 0 saturated heterocycles. The van der Waals surface area contributed by atoms with E-state index >= 15 is 0 Å². The second-order valence-electron chi connectivity index (χ2n) is 2.02. The van der Waals surface area contributed by atoms with E-state index in [-0.39, 0.29) is 0 Å². The molecule has 50 valence electrons. The molecule has 4 nitrogen and oxygen atoms in total. The first-order valence-corrected chi connectivity index (χ1v) is 2.90. The van der Waals surface area contributed by atoms with E-state index < -0.39 is 0 Å². The first-order valence-electron chi connectivity index (χ1n) is 2.90. The Balaban J connectivity index is 2.80. The van der Waals surface area contributed by atoms with Crippen molar-refractivity contribution in [1.82, 2.24) is 14.6 Å². The van der Waals surface area contributed by atoms with Crippen molar-refractivity contribution in [3.63, 3.8) is 0 Å². The van der Waals surface area contributed by atoms with Crippen LogP contribution in [0.25, 0.3) is 11.4 Å². The zero-order valence-corrected chi connectivity index (χ0v) is 5.23. The summed E-state index contributed by atoms with van der Waals surface area (Å²) in [7, 11) is 0. The molecule has 0 aliphatic carbocycles. The molecular weight excluding hydrogens is 128 g/mol. The molecule has 0 radical (unpaired) electrons. The molecule has 0 aromatic rings. The van der Waals surface area contributed by atoms with E-state index in [1.165, 1.54) is 4.68 Å². The molecule has 2 N–H and O–H groups in total. The summed E-state index contributed by atoms with van der Waals surface area (Å²) in [5.41, 5.74) is 1.72. The van der Waals surface area contributed by atoms with E-state index in [2.05, 4.69) is 9.97 Å². The van der Waals surface area contributed by atoms with Gasteiger partial charge < -0.3 is 5.84 Å². The van der Waals surface area contributed by atoms with Crippen molar-refractivity contribution >= 4 is 0 Å². The summed E-state index contributed by atoms with van der Waals surface area (Å²) in [5.74, 6) is 5.51. The second-order valence-corrected chi connectivity index (χ2v) is 2.02. The molecule has 2 heterocycles. The summed E-state index contributed by atoms with van der Waals surface area (Å²) in [4.78, 5) is 7.88. The lowest BCUT2D eigenvalue weighted by atomic mass is 10.3. The van der Waals surface area contributed by atoms with Gasteiger partial charge in [-0.05, 0) is 6.07 Å². The SMILES string of the molecule is Nn1cncc2nccc1-2. The summed E-state index contributed by atoms with van der Waals surface area (Å²) in [6.07, 6.45) is 4.93. The van der Waals surface area contributed by atoms with Crippen molar-refractivity contribution in [2.24, 2.45) is 0 Å². The van der Waals surface area contributed by atoms with E-state index in [1.807, 2.05) is 6.07 Å². The van der Waals surface area contributed by atoms with Gasteiger partial charge in [0.25, 0.3) is 0 Å². The average Bonchev–Trinajstić information content (AvgIpc) is 2.36. The zero-order chi connectivity index (χ0) is 6.97. The second kappa shape index (κ2) is 1.70. The molecule has 0 saturated carbocycles. The number of hydrogen-bond donors (Lipinski definition) is 1. The van der Waals surface area contributed by atoms with Crippen LogP contribution >= 0.6 is 0 Å². The molecule has 10 heavy (non-hydrogen) atoms. The topological polar surface area (TPSA) is 56.7 Å². The fourth-order valence-electron chi connectivity index (χ4n) is 0.895. The van der Waals surface area contributed by atoms with E-state index in [4.69, 9.17) is 5.84 Å². The molecule has 0 aromatic heterocycles. The molecule has 0 atom stereocenters. The maximum absolute atomic E-state index is 5.51. The highest BCUT2D eigenvalue weighted by Crippen LogP contribution is 2.14. The maximum Gasteiger partial charge on any atom is 0.114 e. The lowest BCUT2D eigenvalue weighted by Crippen LogP contribution is -2.11. The van der Waals surface area contributed by atoms with E-state index in [0.29, 0.717) is 0 Å². The number of nitrogens with zero attached hydrogens (tertiary/aromatic N) is 3. The van der Waals surface area contributed by atoms with Crippen LogP contribution < -0.4 is 5.84 Å². The quantitative estimate of drug-likeness (QED) is 0.520. The van der Waals surface area contributed by atoms with Crippen LogP contribution in [0.4, 0.5) is 0 Å². The molecule has 2 aliphatic rings. The minimum atomic E-state index is 0.824. The van der Waals surface area contributed by atoms with Crippen molar-refractivity contribution < 1.29 is 0 Å². The Hall–Kier alpha value is -1.58. The van der Waals surface area contributed by atoms with Gasteiger partial charge in [-0.3, -0.25) is 4.98 Å². The van der Waals surface area contributed by atoms with Gasteiger partial charge in [0, 0.05) is 6.20 Å². The fraction of sp³-hybridized carbons (Fsp3) is 0. The number of rotatable bonds is 0. The molecule has 2 rings (SSSR count). The Bertz CT molecular complexity index is 314. The van der Waals surface area contributed by atoms with E-state index in [1.54, 1.807) is 18.7 Å². The van der Waals surface area contributed by atoms with Crippen LogP contribution in [0.2, 0.25) is 0 Å². The summed E-state index contributed by atoms with van der Waals surface area (Å²) >= 11 is 0.